The highest BCUT2D eigenvalue weighted by atomic mass is 19.1. The van der Waals surface area contributed by atoms with Gasteiger partial charge < -0.3 is 15.1 Å². The average Bonchev–Trinajstić information content (AvgIpc) is 3.67. The second kappa shape index (κ2) is 10.5. The normalized spacial score (nSPS) is 20.1. The number of hydrogen-bond acceptors (Lipinski definition) is 6. The zero-order valence-electron chi connectivity index (χ0n) is 23.5. The van der Waals surface area contributed by atoms with E-state index in [1.54, 1.807) is 0 Å². The van der Waals surface area contributed by atoms with Gasteiger partial charge in [-0.05, 0) is 78.9 Å². The van der Waals surface area contributed by atoms with Gasteiger partial charge in [0.25, 0.3) is 0 Å². The van der Waals surface area contributed by atoms with Crippen molar-refractivity contribution in [3.63, 3.8) is 0 Å². The van der Waals surface area contributed by atoms with Gasteiger partial charge in [0.05, 0.1) is 12.4 Å². The predicted octanol–water partition coefficient (Wildman–Crippen LogP) is 4.12. The van der Waals surface area contributed by atoms with Crippen LogP contribution in [0.2, 0.25) is 0 Å². The van der Waals surface area contributed by atoms with Gasteiger partial charge in [-0.1, -0.05) is 41.6 Å². The summed E-state index contributed by atoms with van der Waals surface area (Å²) in [6, 6.07) is 20.2. The van der Waals surface area contributed by atoms with Crippen LogP contribution in [0.25, 0.3) is 10.8 Å². The van der Waals surface area contributed by atoms with Gasteiger partial charge in [-0.15, -0.1) is 5.10 Å². The van der Waals surface area contributed by atoms with E-state index in [1.807, 2.05) is 35.0 Å². The summed E-state index contributed by atoms with van der Waals surface area (Å²) in [6.45, 7) is 4.23. The Hall–Kier alpha value is -3.82. The van der Waals surface area contributed by atoms with Crippen LogP contribution in [0.1, 0.15) is 42.1 Å². The molecule has 1 aliphatic carbocycles. The van der Waals surface area contributed by atoms with Crippen LogP contribution >= 0.6 is 0 Å². The van der Waals surface area contributed by atoms with E-state index in [9.17, 15) is 9.18 Å². The third kappa shape index (κ3) is 4.57. The maximum atomic E-state index is 14.2. The van der Waals surface area contributed by atoms with Crippen LogP contribution in [0.3, 0.4) is 0 Å². The first-order valence-corrected chi connectivity index (χ1v) is 14.7. The second-order valence-corrected chi connectivity index (χ2v) is 11.6. The molecule has 2 saturated heterocycles. The summed E-state index contributed by atoms with van der Waals surface area (Å²) >= 11 is 0. The minimum absolute atomic E-state index is 0.188. The first-order valence-electron chi connectivity index (χ1n) is 14.7. The van der Waals surface area contributed by atoms with Crippen molar-refractivity contribution in [3.05, 3.63) is 89.5 Å². The molecule has 2 aliphatic heterocycles. The maximum Gasteiger partial charge on any atom is 0.250 e. The largest absolute Gasteiger partial charge is 0.339 e. The van der Waals surface area contributed by atoms with E-state index in [4.69, 9.17) is 0 Å². The first-order chi connectivity index (χ1) is 20.1. The molecule has 41 heavy (non-hydrogen) atoms. The van der Waals surface area contributed by atoms with E-state index in [0.717, 1.165) is 50.2 Å². The van der Waals surface area contributed by atoms with E-state index >= 15 is 0 Å². The Kier molecular flexibility index (Phi) is 6.71. The lowest BCUT2D eigenvalue weighted by Gasteiger charge is -2.45. The molecule has 0 saturated carbocycles. The van der Waals surface area contributed by atoms with E-state index < -0.39 is 5.54 Å². The fraction of sp³-hybridized carbons (Fsp3) is 0.406. The molecule has 1 spiro atoms. The van der Waals surface area contributed by atoms with Crippen molar-refractivity contribution in [1.29, 1.82) is 0 Å². The van der Waals surface area contributed by atoms with E-state index in [1.165, 1.54) is 34.0 Å². The van der Waals surface area contributed by atoms with Crippen molar-refractivity contribution in [3.8, 4) is 0 Å². The van der Waals surface area contributed by atoms with Crippen LogP contribution in [-0.4, -0.2) is 69.6 Å². The van der Waals surface area contributed by atoms with Crippen molar-refractivity contribution in [1.82, 2.24) is 30.1 Å². The van der Waals surface area contributed by atoms with E-state index in [0.29, 0.717) is 32.3 Å². The van der Waals surface area contributed by atoms with Crippen LogP contribution in [0.5, 0.6) is 0 Å². The summed E-state index contributed by atoms with van der Waals surface area (Å²) in [7, 11) is 1.89. The Bertz CT molecular complexity index is 1550. The molecule has 1 amide bonds. The smallest absolute Gasteiger partial charge is 0.250 e. The number of nitrogens with zero attached hydrogens (tertiary/aromatic N) is 6. The molecular weight excluding hydrogens is 517 g/mol. The monoisotopic (exact) mass is 553 g/mol. The number of amides is 1. The van der Waals surface area contributed by atoms with Crippen LogP contribution in [0, 0.1) is 5.82 Å². The zero-order valence-corrected chi connectivity index (χ0v) is 23.5. The lowest BCUT2D eigenvalue weighted by Crippen LogP contribution is -2.57. The molecule has 1 atom stereocenters. The molecule has 0 bridgehead atoms. The molecule has 0 radical (unpaired) electrons. The van der Waals surface area contributed by atoms with Gasteiger partial charge >= 0.3 is 0 Å². The highest BCUT2D eigenvalue weighted by molar-refractivity contribution is 5.94. The molecule has 1 unspecified atom stereocenters. The highest BCUT2D eigenvalue weighted by Gasteiger charge is 2.54. The third-order valence-electron chi connectivity index (χ3n) is 9.27. The molecule has 9 heteroatoms. The SMILES string of the molecule is CNCc1cn(CCCN2CN(c3ccc(F)cc3)C3(CCN(C4Cc5cccc6cccc4c56)CC3)C2=O)nn1. The fourth-order valence-corrected chi connectivity index (χ4v) is 7.27. The standard InChI is InChI=1S/C32H36FN7O/c1-34-20-26-21-39(36-35-26)16-4-15-38-22-40(27-11-9-25(33)10-12-27)32(31(38)41)13-17-37(18-14-32)29-19-24-7-2-5-23-6-3-8-28(29)30(23)24/h2-3,5-12,21,29,34H,4,13-20,22H2,1H3. The topological polar surface area (TPSA) is 69.5 Å². The molecule has 8 nitrogen and oxygen atoms in total. The number of hydrogen-bond donors (Lipinski definition) is 1. The number of likely N-dealkylation sites (tertiary alicyclic amines) is 1. The predicted molar refractivity (Wildman–Crippen MR) is 157 cm³/mol. The lowest BCUT2D eigenvalue weighted by molar-refractivity contribution is -0.133. The lowest BCUT2D eigenvalue weighted by atomic mass is 9.84. The van der Waals surface area contributed by atoms with Gasteiger partial charge in [0.15, 0.2) is 0 Å². The Morgan fingerprint density at radius 3 is 2.59 bits per heavy atom. The number of benzene rings is 3. The van der Waals surface area contributed by atoms with E-state index in [-0.39, 0.29) is 11.7 Å². The molecule has 3 aliphatic rings. The number of aromatic nitrogens is 3. The van der Waals surface area contributed by atoms with Crippen molar-refractivity contribution < 1.29 is 9.18 Å². The van der Waals surface area contributed by atoms with E-state index in [2.05, 4.69) is 61.8 Å². The number of aryl methyl sites for hydroxylation is 1. The maximum absolute atomic E-state index is 14.2. The number of carbonyl (C=O) groups is 1. The van der Waals surface area contributed by atoms with Gasteiger partial charge in [0.2, 0.25) is 5.91 Å². The molecule has 1 aromatic heterocycles. The van der Waals surface area contributed by atoms with Gasteiger partial charge in [-0.2, -0.15) is 0 Å². The zero-order chi connectivity index (χ0) is 28.0. The van der Waals surface area contributed by atoms with Crippen molar-refractivity contribution >= 4 is 22.4 Å². The first kappa shape index (κ1) is 26.1. The van der Waals surface area contributed by atoms with Gasteiger partial charge in [0.1, 0.15) is 11.4 Å². The summed E-state index contributed by atoms with van der Waals surface area (Å²) in [5.74, 6) is -0.0757. The molecule has 4 aromatic rings. The quantitative estimate of drug-likeness (QED) is 0.354. The number of halogens is 1. The summed E-state index contributed by atoms with van der Waals surface area (Å²) < 4.78 is 15.7. The number of carbonyl (C=O) groups excluding carboxylic acids is 1. The third-order valence-corrected chi connectivity index (χ3v) is 9.27. The minimum atomic E-state index is -0.612. The molecule has 7 rings (SSSR count). The second-order valence-electron chi connectivity index (χ2n) is 11.6. The molecule has 3 aromatic carbocycles. The van der Waals surface area contributed by atoms with Crippen molar-refractivity contribution in [2.75, 3.05) is 38.3 Å². The van der Waals surface area contributed by atoms with Crippen LogP contribution in [-0.2, 0) is 24.3 Å². The summed E-state index contributed by atoms with van der Waals surface area (Å²) in [6.07, 6.45) is 5.26. The average molecular weight is 554 g/mol. The number of rotatable bonds is 8. The highest BCUT2D eigenvalue weighted by Crippen LogP contribution is 2.45. The Balaban J connectivity index is 1.09. The van der Waals surface area contributed by atoms with Crippen LogP contribution in [0.15, 0.2) is 66.9 Å². The molecular formula is C32H36FN7O. The Morgan fingerprint density at radius 1 is 1.02 bits per heavy atom. The van der Waals surface area contributed by atoms with Crippen molar-refractivity contribution in [2.24, 2.45) is 0 Å². The summed E-state index contributed by atoms with van der Waals surface area (Å²) in [5.41, 5.74) is 4.03. The van der Waals surface area contributed by atoms with Gasteiger partial charge in [-0.25, -0.2) is 4.39 Å². The van der Waals surface area contributed by atoms with Crippen LogP contribution in [0.4, 0.5) is 10.1 Å². The van der Waals surface area contributed by atoms with Crippen LogP contribution < -0.4 is 10.2 Å². The van der Waals surface area contributed by atoms with Gasteiger partial charge in [0, 0.05) is 50.6 Å². The molecule has 2 fully saturated rings. The molecule has 1 N–H and O–H groups in total. The van der Waals surface area contributed by atoms with Crippen molar-refractivity contribution in [2.45, 2.75) is 50.4 Å². The molecule has 212 valence electrons. The fourth-order valence-electron chi connectivity index (χ4n) is 7.27. The summed E-state index contributed by atoms with van der Waals surface area (Å²) in [4.78, 5) is 21.0. The minimum Gasteiger partial charge on any atom is -0.339 e. The molecule has 3 heterocycles. The number of piperidine rings is 1. The Labute approximate surface area is 239 Å². The van der Waals surface area contributed by atoms with Gasteiger partial charge in [-0.3, -0.25) is 14.4 Å². The summed E-state index contributed by atoms with van der Waals surface area (Å²) in [5, 5.41) is 14.2. The number of nitrogens with one attached hydrogen (secondary N) is 1. The Morgan fingerprint density at radius 2 is 1.80 bits per heavy atom. The number of anilines is 1.